The lowest BCUT2D eigenvalue weighted by atomic mass is 10.1. The van der Waals surface area contributed by atoms with Gasteiger partial charge in [-0.05, 0) is 40.0 Å². The van der Waals surface area contributed by atoms with Gasteiger partial charge < -0.3 is 9.80 Å². The molecule has 0 spiro atoms. The molecule has 2 aliphatic heterocycles. The van der Waals surface area contributed by atoms with Crippen molar-refractivity contribution in [1.29, 1.82) is 0 Å². The number of hydrogen-bond donors (Lipinski definition) is 0. The SMILES string of the molecule is C=CC[C@H]1CC[C@H]2CN(C(C)(C)C)C(=O)N12. The third-order valence-electron chi connectivity index (χ3n) is 3.71. The summed E-state index contributed by atoms with van der Waals surface area (Å²) in [6.45, 7) is 11.0. The van der Waals surface area contributed by atoms with Crippen LogP contribution in [-0.2, 0) is 0 Å². The van der Waals surface area contributed by atoms with E-state index in [4.69, 9.17) is 0 Å². The molecule has 2 fully saturated rings. The van der Waals surface area contributed by atoms with Crippen LogP contribution in [-0.4, -0.2) is 40.0 Å². The number of hydrogen-bond acceptors (Lipinski definition) is 1. The van der Waals surface area contributed by atoms with Crippen molar-refractivity contribution in [3.8, 4) is 0 Å². The molecule has 0 aliphatic carbocycles. The lowest BCUT2D eigenvalue weighted by Crippen LogP contribution is -2.45. The zero-order valence-corrected chi connectivity index (χ0v) is 10.6. The molecule has 90 valence electrons. The van der Waals surface area contributed by atoms with Crippen molar-refractivity contribution >= 4 is 6.03 Å². The first-order chi connectivity index (χ1) is 7.45. The molecule has 0 saturated carbocycles. The minimum absolute atomic E-state index is 0.0554. The molecule has 0 aromatic rings. The van der Waals surface area contributed by atoms with E-state index in [-0.39, 0.29) is 11.6 Å². The summed E-state index contributed by atoms with van der Waals surface area (Å²) in [6.07, 6.45) is 5.15. The number of carbonyl (C=O) groups is 1. The van der Waals surface area contributed by atoms with Crippen LogP contribution in [0.5, 0.6) is 0 Å². The number of amides is 2. The molecule has 0 unspecified atom stereocenters. The molecule has 2 atom stereocenters. The van der Waals surface area contributed by atoms with E-state index < -0.39 is 0 Å². The molecule has 0 N–H and O–H groups in total. The molecule has 2 heterocycles. The smallest absolute Gasteiger partial charge is 0.318 e. The second-order valence-electron chi connectivity index (χ2n) is 5.88. The molecule has 2 amide bonds. The maximum absolute atomic E-state index is 12.3. The Balaban J connectivity index is 2.15. The largest absolute Gasteiger partial charge is 0.321 e. The third kappa shape index (κ3) is 1.72. The Morgan fingerprint density at radius 3 is 2.69 bits per heavy atom. The zero-order chi connectivity index (χ0) is 11.9. The number of rotatable bonds is 2. The van der Waals surface area contributed by atoms with E-state index in [9.17, 15) is 4.79 Å². The van der Waals surface area contributed by atoms with Crippen LogP contribution in [0.2, 0.25) is 0 Å². The fourth-order valence-corrected chi connectivity index (χ4v) is 2.87. The Bertz CT molecular complexity index is 306. The van der Waals surface area contributed by atoms with Crippen LogP contribution in [0.25, 0.3) is 0 Å². The molecular formula is C13H22N2O. The van der Waals surface area contributed by atoms with Crippen molar-refractivity contribution in [2.75, 3.05) is 6.54 Å². The van der Waals surface area contributed by atoms with Crippen molar-refractivity contribution < 1.29 is 4.79 Å². The van der Waals surface area contributed by atoms with E-state index in [0.717, 1.165) is 25.8 Å². The van der Waals surface area contributed by atoms with E-state index in [2.05, 4.69) is 32.3 Å². The van der Waals surface area contributed by atoms with Gasteiger partial charge in [-0.15, -0.1) is 6.58 Å². The van der Waals surface area contributed by atoms with Crippen molar-refractivity contribution in [1.82, 2.24) is 9.80 Å². The number of urea groups is 1. The Hall–Kier alpha value is -0.990. The van der Waals surface area contributed by atoms with Gasteiger partial charge in [0.05, 0.1) is 6.04 Å². The van der Waals surface area contributed by atoms with Crippen LogP contribution in [0.3, 0.4) is 0 Å². The fourth-order valence-electron chi connectivity index (χ4n) is 2.87. The van der Waals surface area contributed by atoms with Crippen molar-refractivity contribution in [2.45, 2.75) is 57.7 Å². The molecule has 2 rings (SSSR count). The summed E-state index contributed by atoms with van der Waals surface area (Å²) in [6, 6.07) is 1.06. The molecule has 16 heavy (non-hydrogen) atoms. The molecule has 2 aliphatic rings. The Kier molecular flexibility index (Phi) is 2.72. The molecule has 0 aromatic carbocycles. The monoisotopic (exact) mass is 222 g/mol. The van der Waals surface area contributed by atoms with Crippen LogP contribution >= 0.6 is 0 Å². The third-order valence-corrected chi connectivity index (χ3v) is 3.71. The van der Waals surface area contributed by atoms with Gasteiger partial charge in [-0.1, -0.05) is 6.08 Å². The summed E-state index contributed by atoms with van der Waals surface area (Å²) in [7, 11) is 0. The summed E-state index contributed by atoms with van der Waals surface area (Å²) >= 11 is 0. The van der Waals surface area contributed by atoms with E-state index in [1.54, 1.807) is 0 Å². The average Bonchev–Trinajstić information content (AvgIpc) is 2.68. The minimum atomic E-state index is -0.0554. The minimum Gasteiger partial charge on any atom is -0.318 e. The highest BCUT2D eigenvalue weighted by Gasteiger charge is 2.47. The second kappa shape index (κ2) is 3.79. The predicted octanol–water partition coefficient (Wildman–Crippen LogP) is 2.63. The van der Waals surface area contributed by atoms with E-state index >= 15 is 0 Å². The topological polar surface area (TPSA) is 23.6 Å². The van der Waals surface area contributed by atoms with Gasteiger partial charge in [0.25, 0.3) is 0 Å². The van der Waals surface area contributed by atoms with Crippen LogP contribution in [0.4, 0.5) is 4.79 Å². The normalized spacial score (nSPS) is 29.8. The summed E-state index contributed by atoms with van der Waals surface area (Å²) < 4.78 is 0. The fraction of sp³-hybridized carbons (Fsp3) is 0.769. The lowest BCUT2D eigenvalue weighted by Gasteiger charge is -2.32. The molecule has 3 nitrogen and oxygen atoms in total. The van der Waals surface area contributed by atoms with Crippen molar-refractivity contribution in [2.24, 2.45) is 0 Å². The van der Waals surface area contributed by atoms with Crippen LogP contribution in [0, 0.1) is 0 Å². The van der Waals surface area contributed by atoms with Gasteiger partial charge >= 0.3 is 6.03 Å². The molecule has 0 radical (unpaired) electrons. The Morgan fingerprint density at radius 1 is 1.44 bits per heavy atom. The summed E-state index contributed by atoms with van der Waals surface area (Å²) in [5, 5.41) is 0. The van der Waals surface area contributed by atoms with Gasteiger partial charge in [0.1, 0.15) is 0 Å². The van der Waals surface area contributed by atoms with Gasteiger partial charge in [0, 0.05) is 18.1 Å². The number of carbonyl (C=O) groups excluding carboxylic acids is 1. The highest BCUT2D eigenvalue weighted by Crippen LogP contribution is 2.35. The van der Waals surface area contributed by atoms with Gasteiger partial charge in [-0.2, -0.15) is 0 Å². The maximum atomic E-state index is 12.3. The first kappa shape index (κ1) is 11.5. The summed E-state index contributed by atoms with van der Waals surface area (Å²) in [4.78, 5) is 16.4. The van der Waals surface area contributed by atoms with Crippen LogP contribution in [0.15, 0.2) is 12.7 Å². The number of nitrogens with zero attached hydrogens (tertiary/aromatic N) is 2. The van der Waals surface area contributed by atoms with Gasteiger partial charge in [-0.3, -0.25) is 0 Å². The Morgan fingerprint density at radius 2 is 2.12 bits per heavy atom. The maximum Gasteiger partial charge on any atom is 0.321 e. The second-order valence-corrected chi connectivity index (χ2v) is 5.88. The Labute approximate surface area is 98.1 Å². The first-order valence-corrected chi connectivity index (χ1v) is 6.16. The number of fused-ring (bicyclic) bond motifs is 1. The molecule has 0 bridgehead atoms. The van der Waals surface area contributed by atoms with Crippen molar-refractivity contribution in [3.05, 3.63) is 12.7 Å². The molecule has 0 aromatic heterocycles. The van der Waals surface area contributed by atoms with Gasteiger partial charge in [0.15, 0.2) is 0 Å². The lowest BCUT2D eigenvalue weighted by molar-refractivity contribution is 0.148. The van der Waals surface area contributed by atoms with E-state index in [1.165, 1.54) is 0 Å². The first-order valence-electron chi connectivity index (χ1n) is 6.16. The van der Waals surface area contributed by atoms with Gasteiger partial charge in [-0.25, -0.2) is 4.79 Å². The molecule has 2 saturated heterocycles. The average molecular weight is 222 g/mol. The van der Waals surface area contributed by atoms with Crippen LogP contribution in [0.1, 0.15) is 40.0 Å². The highest BCUT2D eigenvalue weighted by molar-refractivity contribution is 5.78. The predicted molar refractivity (Wildman–Crippen MR) is 65.3 cm³/mol. The standard InChI is InChI=1S/C13H22N2O/c1-5-6-10-7-8-11-9-14(13(2,3)4)12(16)15(10)11/h5,10-11H,1,6-9H2,2-4H3/t10-,11-/m0/s1. The highest BCUT2D eigenvalue weighted by atomic mass is 16.2. The summed E-state index contributed by atoms with van der Waals surface area (Å²) in [5.41, 5.74) is -0.0554. The quantitative estimate of drug-likeness (QED) is 0.659. The molecule has 3 heteroatoms. The zero-order valence-electron chi connectivity index (χ0n) is 10.6. The van der Waals surface area contributed by atoms with Crippen LogP contribution < -0.4 is 0 Å². The summed E-state index contributed by atoms with van der Waals surface area (Å²) in [5.74, 6) is 0. The van der Waals surface area contributed by atoms with E-state index in [0.29, 0.717) is 12.1 Å². The van der Waals surface area contributed by atoms with Gasteiger partial charge in [0.2, 0.25) is 0 Å². The van der Waals surface area contributed by atoms with E-state index in [1.807, 2.05) is 11.0 Å². The molecular weight excluding hydrogens is 200 g/mol. The van der Waals surface area contributed by atoms with Crippen molar-refractivity contribution in [3.63, 3.8) is 0 Å².